The smallest absolute Gasteiger partial charge is 0.0244 e. The summed E-state index contributed by atoms with van der Waals surface area (Å²) in [6.45, 7) is 15.1. The minimum Gasteiger partial charge on any atom is -0.311 e. The summed E-state index contributed by atoms with van der Waals surface area (Å²) in [6, 6.07) is 1.26. The van der Waals surface area contributed by atoms with Crippen molar-refractivity contribution < 1.29 is 0 Å². The summed E-state index contributed by atoms with van der Waals surface area (Å²) in [5, 5.41) is 3.75. The number of rotatable bonds is 5. The van der Waals surface area contributed by atoms with Crippen molar-refractivity contribution in [2.45, 2.75) is 66.0 Å². The predicted octanol–water partition coefficient (Wildman–Crippen LogP) is 3.13. The zero-order chi connectivity index (χ0) is 14.5. The molecule has 0 spiro atoms. The van der Waals surface area contributed by atoms with Gasteiger partial charge in [-0.15, -0.1) is 12.3 Å². The number of nitrogens with one attached hydrogen (secondary N) is 1. The molecular weight excluding hydrogens is 232 g/mol. The van der Waals surface area contributed by atoms with E-state index in [2.05, 4.69) is 50.8 Å². The summed E-state index contributed by atoms with van der Waals surface area (Å²) in [6.07, 6.45) is 8.63. The largest absolute Gasteiger partial charge is 0.311 e. The molecule has 0 aliphatic carbocycles. The van der Waals surface area contributed by atoms with Crippen LogP contribution in [0.15, 0.2) is 0 Å². The summed E-state index contributed by atoms with van der Waals surface area (Å²) in [7, 11) is 0. The summed E-state index contributed by atoms with van der Waals surface area (Å²) in [5.74, 6) is 3.45. The van der Waals surface area contributed by atoms with Gasteiger partial charge in [-0.05, 0) is 30.7 Å². The van der Waals surface area contributed by atoms with Gasteiger partial charge in [0.15, 0.2) is 0 Å². The zero-order valence-corrected chi connectivity index (χ0v) is 13.5. The first-order valence-electron chi connectivity index (χ1n) is 7.77. The van der Waals surface area contributed by atoms with Crippen LogP contribution in [0.1, 0.15) is 53.9 Å². The van der Waals surface area contributed by atoms with Gasteiger partial charge in [0, 0.05) is 31.6 Å². The molecule has 0 aromatic rings. The van der Waals surface area contributed by atoms with Crippen molar-refractivity contribution in [1.29, 1.82) is 0 Å². The Bertz CT molecular complexity index is 295. The van der Waals surface area contributed by atoms with Crippen molar-refractivity contribution in [3.05, 3.63) is 0 Å². The van der Waals surface area contributed by atoms with Crippen molar-refractivity contribution in [2.75, 3.05) is 19.6 Å². The molecule has 110 valence electrons. The Morgan fingerprint density at radius 3 is 2.53 bits per heavy atom. The van der Waals surface area contributed by atoms with E-state index in [1.165, 1.54) is 19.5 Å². The Hall–Kier alpha value is -0.520. The van der Waals surface area contributed by atoms with E-state index >= 15 is 0 Å². The van der Waals surface area contributed by atoms with Crippen LogP contribution in [0, 0.1) is 23.7 Å². The van der Waals surface area contributed by atoms with Crippen LogP contribution >= 0.6 is 0 Å². The van der Waals surface area contributed by atoms with E-state index in [0.717, 1.165) is 19.4 Å². The average Bonchev–Trinajstić information content (AvgIpc) is 2.33. The van der Waals surface area contributed by atoms with Crippen LogP contribution in [0.3, 0.4) is 0 Å². The Labute approximate surface area is 120 Å². The van der Waals surface area contributed by atoms with Crippen LogP contribution in [0.2, 0.25) is 0 Å². The summed E-state index contributed by atoms with van der Waals surface area (Å²) in [5.41, 5.74) is 0.332. The minimum absolute atomic E-state index is 0.332. The number of hydrogen-bond acceptors (Lipinski definition) is 2. The van der Waals surface area contributed by atoms with Crippen LogP contribution in [0.4, 0.5) is 0 Å². The highest BCUT2D eigenvalue weighted by Crippen LogP contribution is 2.25. The van der Waals surface area contributed by atoms with Gasteiger partial charge in [-0.2, -0.15) is 0 Å². The van der Waals surface area contributed by atoms with Crippen molar-refractivity contribution in [1.82, 2.24) is 10.2 Å². The predicted molar refractivity (Wildman–Crippen MR) is 84.1 cm³/mol. The number of unbranched alkanes of at least 4 members (excludes halogenated alkanes) is 2. The molecule has 1 aliphatic heterocycles. The molecule has 2 heteroatoms. The van der Waals surface area contributed by atoms with Gasteiger partial charge >= 0.3 is 0 Å². The average molecular weight is 264 g/mol. The van der Waals surface area contributed by atoms with Crippen LogP contribution in [0.5, 0.6) is 0 Å². The van der Waals surface area contributed by atoms with Gasteiger partial charge in [-0.25, -0.2) is 0 Å². The molecule has 0 saturated carbocycles. The number of hydrogen-bond donors (Lipinski definition) is 1. The first-order valence-corrected chi connectivity index (χ1v) is 7.77. The van der Waals surface area contributed by atoms with Crippen LogP contribution < -0.4 is 5.32 Å². The Morgan fingerprint density at radius 2 is 2.00 bits per heavy atom. The zero-order valence-electron chi connectivity index (χ0n) is 13.5. The Morgan fingerprint density at radius 1 is 1.32 bits per heavy atom. The van der Waals surface area contributed by atoms with Crippen molar-refractivity contribution >= 4 is 0 Å². The number of terminal acetylenes is 1. The molecule has 1 heterocycles. The fourth-order valence-corrected chi connectivity index (χ4v) is 2.86. The minimum atomic E-state index is 0.332. The summed E-state index contributed by atoms with van der Waals surface area (Å²) < 4.78 is 0. The molecule has 1 fully saturated rings. The summed E-state index contributed by atoms with van der Waals surface area (Å²) >= 11 is 0. The second-order valence-corrected chi connectivity index (χ2v) is 7.29. The van der Waals surface area contributed by atoms with Gasteiger partial charge in [0.2, 0.25) is 0 Å². The van der Waals surface area contributed by atoms with Crippen LogP contribution in [-0.2, 0) is 0 Å². The summed E-state index contributed by atoms with van der Waals surface area (Å²) in [4.78, 5) is 2.69. The topological polar surface area (TPSA) is 15.3 Å². The van der Waals surface area contributed by atoms with E-state index < -0.39 is 0 Å². The maximum Gasteiger partial charge on any atom is 0.0244 e. The molecule has 1 saturated heterocycles. The molecule has 1 N–H and O–H groups in total. The lowest BCUT2D eigenvalue weighted by molar-refractivity contribution is 0.0621. The molecule has 2 atom stereocenters. The van der Waals surface area contributed by atoms with E-state index in [9.17, 15) is 0 Å². The van der Waals surface area contributed by atoms with Crippen molar-refractivity contribution in [2.24, 2.45) is 11.3 Å². The highest BCUT2D eigenvalue weighted by Gasteiger charge is 2.34. The molecular formula is C17H32N2. The van der Waals surface area contributed by atoms with Gasteiger partial charge in [0.05, 0.1) is 0 Å². The van der Waals surface area contributed by atoms with Gasteiger partial charge in [0.1, 0.15) is 0 Å². The standard InChI is InChI=1S/C17H32N2/c1-7-8-9-10-11-19-13-16(17(4,5)6)18-12-15(19)14(2)3/h1,14-16,18H,8-13H2,2-6H3. The fourth-order valence-electron chi connectivity index (χ4n) is 2.86. The highest BCUT2D eigenvalue weighted by atomic mass is 15.2. The molecule has 0 amide bonds. The van der Waals surface area contributed by atoms with E-state index in [0.29, 0.717) is 23.4 Å². The molecule has 19 heavy (non-hydrogen) atoms. The van der Waals surface area contributed by atoms with Crippen LogP contribution in [0.25, 0.3) is 0 Å². The van der Waals surface area contributed by atoms with Gasteiger partial charge in [-0.1, -0.05) is 34.6 Å². The third-order valence-electron chi connectivity index (χ3n) is 4.29. The van der Waals surface area contributed by atoms with Crippen LogP contribution in [-0.4, -0.2) is 36.6 Å². The first-order chi connectivity index (χ1) is 8.86. The highest BCUT2D eigenvalue weighted by molar-refractivity contribution is 4.93. The molecule has 0 bridgehead atoms. The first kappa shape index (κ1) is 16.5. The number of piperazine rings is 1. The molecule has 1 aliphatic rings. The lowest BCUT2D eigenvalue weighted by Gasteiger charge is -2.46. The third-order valence-corrected chi connectivity index (χ3v) is 4.29. The maximum atomic E-state index is 5.33. The van der Waals surface area contributed by atoms with Crippen molar-refractivity contribution in [3.63, 3.8) is 0 Å². The second kappa shape index (κ2) is 7.31. The number of nitrogens with zero attached hydrogens (tertiary/aromatic N) is 1. The van der Waals surface area contributed by atoms with Gasteiger partial charge < -0.3 is 5.32 Å². The molecule has 2 nitrogen and oxygen atoms in total. The van der Waals surface area contributed by atoms with E-state index in [4.69, 9.17) is 6.42 Å². The Kier molecular flexibility index (Phi) is 6.36. The quantitative estimate of drug-likeness (QED) is 0.606. The molecule has 0 aromatic carbocycles. The maximum absolute atomic E-state index is 5.33. The fraction of sp³-hybridized carbons (Fsp3) is 0.882. The molecule has 0 aromatic heterocycles. The van der Waals surface area contributed by atoms with Gasteiger partial charge in [0.25, 0.3) is 0 Å². The lowest BCUT2D eigenvalue weighted by Crippen LogP contribution is -2.61. The third kappa shape index (κ3) is 5.16. The Balaban J connectivity index is 2.56. The molecule has 0 radical (unpaired) electrons. The molecule has 2 unspecified atom stereocenters. The van der Waals surface area contributed by atoms with E-state index in [1.807, 2.05) is 0 Å². The lowest BCUT2D eigenvalue weighted by atomic mass is 9.83. The van der Waals surface area contributed by atoms with E-state index in [1.54, 1.807) is 0 Å². The van der Waals surface area contributed by atoms with E-state index in [-0.39, 0.29) is 0 Å². The monoisotopic (exact) mass is 264 g/mol. The van der Waals surface area contributed by atoms with Gasteiger partial charge in [-0.3, -0.25) is 4.90 Å². The molecule has 1 rings (SSSR count). The van der Waals surface area contributed by atoms with Crippen molar-refractivity contribution in [3.8, 4) is 12.3 Å². The SMILES string of the molecule is C#CCCCCN1CC(C(C)(C)C)NCC1C(C)C. The normalized spacial score (nSPS) is 25.5. The second-order valence-electron chi connectivity index (χ2n) is 7.29.